The Labute approximate surface area is 137 Å². The number of nitrogens with zero attached hydrogens (tertiary/aromatic N) is 2. The van der Waals surface area contributed by atoms with Gasteiger partial charge in [-0.15, -0.1) is 0 Å². The zero-order valence-electron chi connectivity index (χ0n) is 13.7. The van der Waals surface area contributed by atoms with Crippen molar-refractivity contribution in [2.24, 2.45) is 0 Å². The molecule has 0 spiro atoms. The highest BCUT2D eigenvalue weighted by molar-refractivity contribution is 5.94. The van der Waals surface area contributed by atoms with Gasteiger partial charge in [0.2, 0.25) is 0 Å². The van der Waals surface area contributed by atoms with Gasteiger partial charge in [0.25, 0.3) is 0 Å². The number of urea groups is 1. The quantitative estimate of drug-likeness (QED) is 0.942. The van der Waals surface area contributed by atoms with Gasteiger partial charge in [-0.25, -0.2) is 4.79 Å². The molecule has 0 bridgehead atoms. The van der Waals surface area contributed by atoms with Gasteiger partial charge in [0.1, 0.15) is 0 Å². The maximum atomic E-state index is 12.6. The predicted molar refractivity (Wildman–Crippen MR) is 93.8 cm³/mol. The summed E-state index contributed by atoms with van der Waals surface area (Å²) in [7, 11) is 4.07. The zero-order chi connectivity index (χ0) is 16.2. The van der Waals surface area contributed by atoms with E-state index in [9.17, 15) is 4.79 Å². The maximum Gasteiger partial charge on any atom is 0.321 e. The molecule has 1 N–H and O–H groups in total. The molecule has 2 amide bonds. The van der Waals surface area contributed by atoms with Gasteiger partial charge in [0.05, 0.1) is 6.04 Å². The normalized spacial score (nSPS) is 14.7. The van der Waals surface area contributed by atoms with Gasteiger partial charge in [0, 0.05) is 18.8 Å². The first kappa shape index (κ1) is 15.6. The van der Waals surface area contributed by atoms with E-state index in [4.69, 9.17) is 0 Å². The van der Waals surface area contributed by atoms with E-state index in [1.807, 2.05) is 55.4 Å². The number of rotatable bonds is 4. The lowest BCUT2D eigenvalue weighted by Crippen LogP contribution is -2.42. The first-order valence-corrected chi connectivity index (χ1v) is 8.01. The number of nitrogens with one attached hydrogen (secondary N) is 1. The first-order chi connectivity index (χ1) is 11.2. The van der Waals surface area contributed by atoms with Crippen molar-refractivity contribution >= 4 is 11.7 Å². The Balaban J connectivity index is 1.67. The van der Waals surface area contributed by atoms with E-state index in [-0.39, 0.29) is 12.1 Å². The molecule has 1 aliphatic heterocycles. The molecule has 1 aliphatic rings. The number of carbonyl (C=O) groups is 1. The molecule has 4 heteroatoms. The number of fused-ring (bicyclic) bond motifs is 1. The highest BCUT2D eigenvalue weighted by Crippen LogP contribution is 2.27. The third-order valence-corrected chi connectivity index (χ3v) is 4.39. The molecule has 0 radical (unpaired) electrons. The van der Waals surface area contributed by atoms with Crippen LogP contribution in [-0.2, 0) is 6.42 Å². The van der Waals surface area contributed by atoms with Gasteiger partial charge in [-0.2, -0.15) is 0 Å². The van der Waals surface area contributed by atoms with Crippen LogP contribution in [0, 0.1) is 0 Å². The van der Waals surface area contributed by atoms with E-state index < -0.39 is 0 Å². The molecular weight excluding hydrogens is 286 g/mol. The second-order valence-corrected chi connectivity index (χ2v) is 6.11. The van der Waals surface area contributed by atoms with Crippen LogP contribution in [0.25, 0.3) is 0 Å². The van der Waals surface area contributed by atoms with E-state index >= 15 is 0 Å². The molecule has 0 aromatic heterocycles. The molecule has 120 valence electrons. The second kappa shape index (κ2) is 6.84. The lowest BCUT2D eigenvalue weighted by Gasteiger charge is -2.26. The van der Waals surface area contributed by atoms with Crippen LogP contribution in [-0.4, -0.2) is 38.1 Å². The van der Waals surface area contributed by atoms with Crippen molar-refractivity contribution in [2.75, 3.05) is 32.1 Å². The fourth-order valence-corrected chi connectivity index (χ4v) is 3.10. The van der Waals surface area contributed by atoms with Crippen molar-refractivity contribution in [3.05, 3.63) is 65.7 Å². The molecule has 23 heavy (non-hydrogen) atoms. The molecule has 1 atom stereocenters. The lowest BCUT2D eigenvalue weighted by atomic mass is 10.1. The number of anilines is 1. The topological polar surface area (TPSA) is 35.6 Å². The van der Waals surface area contributed by atoms with Crippen molar-refractivity contribution in [3.63, 3.8) is 0 Å². The Kier molecular flexibility index (Phi) is 4.63. The summed E-state index contributed by atoms with van der Waals surface area (Å²) in [6.45, 7) is 1.34. The summed E-state index contributed by atoms with van der Waals surface area (Å²) in [5.41, 5.74) is 3.49. The van der Waals surface area contributed by atoms with Crippen molar-refractivity contribution in [2.45, 2.75) is 12.5 Å². The van der Waals surface area contributed by atoms with Gasteiger partial charge in [-0.1, -0.05) is 48.5 Å². The Morgan fingerprint density at radius 2 is 1.83 bits per heavy atom. The SMILES string of the molecule is CN(C)[C@@H](CNC(=O)N1CCc2ccccc21)c1ccccc1. The molecule has 2 aromatic carbocycles. The number of likely N-dealkylation sites (N-methyl/N-ethyl adjacent to an activating group) is 1. The minimum atomic E-state index is -0.0160. The van der Waals surface area contributed by atoms with Crippen molar-refractivity contribution in [3.8, 4) is 0 Å². The molecule has 0 saturated carbocycles. The van der Waals surface area contributed by atoms with Gasteiger partial charge in [0.15, 0.2) is 0 Å². The lowest BCUT2D eigenvalue weighted by molar-refractivity contribution is 0.238. The maximum absolute atomic E-state index is 12.6. The molecular formula is C19H23N3O. The summed E-state index contributed by atoms with van der Waals surface area (Å²) in [6, 6.07) is 18.5. The van der Waals surface area contributed by atoms with Gasteiger partial charge < -0.3 is 10.2 Å². The molecule has 0 unspecified atom stereocenters. The Morgan fingerprint density at radius 1 is 1.13 bits per heavy atom. The molecule has 4 nitrogen and oxygen atoms in total. The number of amides is 2. The van der Waals surface area contributed by atoms with Gasteiger partial charge in [-0.05, 0) is 37.7 Å². The van der Waals surface area contributed by atoms with Crippen LogP contribution in [0.4, 0.5) is 10.5 Å². The Hall–Kier alpha value is -2.33. The van der Waals surface area contributed by atoms with Crippen LogP contribution in [0.1, 0.15) is 17.2 Å². The average molecular weight is 309 g/mol. The summed E-state index contributed by atoms with van der Waals surface area (Å²) in [4.78, 5) is 16.5. The monoisotopic (exact) mass is 309 g/mol. The number of benzene rings is 2. The molecule has 0 aliphatic carbocycles. The van der Waals surface area contributed by atoms with Crippen molar-refractivity contribution in [1.29, 1.82) is 0 Å². The largest absolute Gasteiger partial charge is 0.336 e. The third kappa shape index (κ3) is 3.37. The van der Waals surface area contributed by atoms with E-state index in [2.05, 4.69) is 28.4 Å². The van der Waals surface area contributed by atoms with Gasteiger partial charge >= 0.3 is 6.03 Å². The summed E-state index contributed by atoms with van der Waals surface area (Å²) in [5, 5.41) is 3.09. The van der Waals surface area contributed by atoms with Crippen LogP contribution in [0.3, 0.4) is 0 Å². The van der Waals surface area contributed by atoms with Crippen molar-refractivity contribution < 1.29 is 4.79 Å². The van der Waals surface area contributed by atoms with Crippen LogP contribution in [0.15, 0.2) is 54.6 Å². The van der Waals surface area contributed by atoms with Crippen LogP contribution >= 0.6 is 0 Å². The summed E-state index contributed by atoms with van der Waals surface area (Å²) in [5.74, 6) is 0. The summed E-state index contributed by atoms with van der Waals surface area (Å²) in [6.07, 6.45) is 0.930. The highest BCUT2D eigenvalue weighted by atomic mass is 16.2. The van der Waals surface area contributed by atoms with Crippen molar-refractivity contribution in [1.82, 2.24) is 10.2 Å². The number of hydrogen-bond acceptors (Lipinski definition) is 2. The highest BCUT2D eigenvalue weighted by Gasteiger charge is 2.25. The minimum absolute atomic E-state index is 0.0160. The fourth-order valence-electron chi connectivity index (χ4n) is 3.10. The standard InChI is InChI=1S/C19H23N3O/c1-21(2)18(15-8-4-3-5-9-15)14-20-19(23)22-13-12-16-10-6-7-11-17(16)22/h3-11,18H,12-14H2,1-2H3,(H,20,23)/t18-/m0/s1. The van der Waals surface area contributed by atoms with Crippen LogP contribution in [0.5, 0.6) is 0 Å². The second-order valence-electron chi connectivity index (χ2n) is 6.11. The van der Waals surface area contributed by atoms with Crippen LogP contribution in [0.2, 0.25) is 0 Å². The summed E-state index contributed by atoms with van der Waals surface area (Å²) < 4.78 is 0. The predicted octanol–water partition coefficient (Wildman–Crippen LogP) is 3.06. The molecule has 3 rings (SSSR count). The van der Waals surface area contributed by atoms with Gasteiger partial charge in [-0.3, -0.25) is 4.90 Å². The fraction of sp³-hybridized carbons (Fsp3) is 0.316. The smallest absolute Gasteiger partial charge is 0.321 e. The Bertz CT molecular complexity index is 669. The van der Waals surface area contributed by atoms with E-state index in [0.29, 0.717) is 6.54 Å². The minimum Gasteiger partial charge on any atom is -0.336 e. The Morgan fingerprint density at radius 3 is 2.57 bits per heavy atom. The number of carbonyl (C=O) groups excluding carboxylic acids is 1. The molecule has 0 saturated heterocycles. The van der Waals surface area contributed by atoms with E-state index in [1.165, 1.54) is 11.1 Å². The molecule has 1 heterocycles. The summed E-state index contributed by atoms with van der Waals surface area (Å²) >= 11 is 0. The van der Waals surface area contributed by atoms with Crippen LogP contribution < -0.4 is 10.2 Å². The molecule has 2 aromatic rings. The third-order valence-electron chi connectivity index (χ3n) is 4.39. The first-order valence-electron chi connectivity index (χ1n) is 8.01. The number of para-hydroxylation sites is 1. The van der Waals surface area contributed by atoms with E-state index in [1.54, 1.807) is 0 Å². The van der Waals surface area contributed by atoms with E-state index in [0.717, 1.165) is 18.7 Å². The molecule has 0 fully saturated rings. The number of hydrogen-bond donors (Lipinski definition) is 1. The average Bonchev–Trinajstić information content (AvgIpc) is 2.99. The zero-order valence-corrected chi connectivity index (χ0v) is 13.7.